The summed E-state index contributed by atoms with van der Waals surface area (Å²) >= 11 is 13.6. The van der Waals surface area contributed by atoms with Crippen molar-refractivity contribution in [2.45, 2.75) is 19.4 Å². The predicted octanol–water partition coefficient (Wildman–Crippen LogP) is 4.11. The van der Waals surface area contributed by atoms with Crippen LogP contribution in [-0.4, -0.2) is 0 Å². The molecule has 0 aliphatic heterocycles. The molecule has 1 heterocycles. The fraction of sp³-hybridized carbons (Fsp3) is 0.231. The van der Waals surface area contributed by atoms with Gasteiger partial charge < -0.3 is 0 Å². The molecule has 0 aliphatic rings. The fourth-order valence-electron chi connectivity index (χ4n) is 1.82. The molecule has 0 amide bonds. The smallest absolute Gasteiger partial charge is 0.0595 e. The highest BCUT2D eigenvalue weighted by Gasteiger charge is 2.12. The van der Waals surface area contributed by atoms with Gasteiger partial charge in [0.05, 0.1) is 16.1 Å². The van der Waals surface area contributed by atoms with Crippen LogP contribution in [0.1, 0.15) is 22.0 Å². The Morgan fingerprint density at radius 3 is 2.61 bits per heavy atom. The van der Waals surface area contributed by atoms with Gasteiger partial charge in [-0.05, 0) is 48.1 Å². The van der Waals surface area contributed by atoms with Crippen molar-refractivity contribution in [3.05, 3.63) is 55.7 Å². The van der Waals surface area contributed by atoms with Crippen LogP contribution < -0.4 is 11.3 Å². The molecule has 1 aromatic heterocycles. The van der Waals surface area contributed by atoms with Gasteiger partial charge in [-0.2, -0.15) is 0 Å². The van der Waals surface area contributed by atoms with Crippen molar-refractivity contribution >= 4 is 34.5 Å². The number of aryl methyl sites for hydroxylation is 1. The van der Waals surface area contributed by atoms with E-state index in [1.165, 1.54) is 10.4 Å². The molecule has 0 saturated heterocycles. The van der Waals surface area contributed by atoms with Crippen molar-refractivity contribution in [2.75, 3.05) is 0 Å². The van der Waals surface area contributed by atoms with Crippen LogP contribution in [-0.2, 0) is 6.42 Å². The number of thiophene rings is 1. The van der Waals surface area contributed by atoms with Crippen LogP contribution in [0, 0.1) is 6.92 Å². The number of hydrazine groups is 1. The van der Waals surface area contributed by atoms with Gasteiger partial charge in [0.2, 0.25) is 0 Å². The van der Waals surface area contributed by atoms with Gasteiger partial charge in [-0.15, -0.1) is 11.3 Å². The number of nitrogens with one attached hydrogen (secondary N) is 1. The fourth-order valence-corrected chi connectivity index (χ4v) is 2.90. The molecule has 2 nitrogen and oxygen atoms in total. The normalized spacial score (nSPS) is 12.7. The summed E-state index contributed by atoms with van der Waals surface area (Å²) in [7, 11) is 0. The Hall–Kier alpha value is -0.580. The van der Waals surface area contributed by atoms with Crippen LogP contribution >= 0.6 is 34.5 Å². The van der Waals surface area contributed by atoms with E-state index in [-0.39, 0.29) is 6.04 Å². The number of halogens is 2. The second kappa shape index (κ2) is 6.04. The SMILES string of the molecule is Cc1cc(C(Cc2ccc(Cl)c(Cl)c2)NN)cs1. The maximum absolute atomic E-state index is 6.01. The van der Waals surface area contributed by atoms with E-state index in [1.54, 1.807) is 11.3 Å². The molecule has 96 valence electrons. The van der Waals surface area contributed by atoms with Crippen LogP contribution in [0.5, 0.6) is 0 Å². The maximum Gasteiger partial charge on any atom is 0.0595 e. The number of rotatable bonds is 4. The molecule has 0 saturated carbocycles. The van der Waals surface area contributed by atoms with Crippen LogP contribution in [0.3, 0.4) is 0 Å². The number of nitrogens with two attached hydrogens (primary N) is 1. The Morgan fingerprint density at radius 1 is 1.28 bits per heavy atom. The van der Waals surface area contributed by atoms with Crippen molar-refractivity contribution in [2.24, 2.45) is 5.84 Å². The Labute approximate surface area is 121 Å². The average Bonchev–Trinajstić information content (AvgIpc) is 2.77. The Bertz CT molecular complexity index is 540. The lowest BCUT2D eigenvalue weighted by atomic mass is 10.0. The first kappa shape index (κ1) is 13.8. The number of hydrogen-bond donors (Lipinski definition) is 2. The zero-order chi connectivity index (χ0) is 13.1. The molecule has 18 heavy (non-hydrogen) atoms. The van der Waals surface area contributed by atoms with Crippen molar-refractivity contribution in [3.8, 4) is 0 Å². The summed E-state index contributed by atoms with van der Waals surface area (Å²) in [5.41, 5.74) is 5.15. The lowest BCUT2D eigenvalue weighted by Crippen LogP contribution is -2.29. The van der Waals surface area contributed by atoms with E-state index in [0.29, 0.717) is 10.0 Å². The van der Waals surface area contributed by atoms with Gasteiger partial charge in [0.15, 0.2) is 0 Å². The largest absolute Gasteiger partial charge is 0.271 e. The molecular formula is C13H14Cl2N2S. The molecule has 1 aromatic carbocycles. The molecule has 3 N–H and O–H groups in total. The Morgan fingerprint density at radius 2 is 2.06 bits per heavy atom. The van der Waals surface area contributed by atoms with Gasteiger partial charge >= 0.3 is 0 Å². The highest BCUT2D eigenvalue weighted by Crippen LogP contribution is 2.27. The average molecular weight is 301 g/mol. The third-order valence-electron chi connectivity index (χ3n) is 2.78. The van der Waals surface area contributed by atoms with Gasteiger partial charge in [0, 0.05) is 4.88 Å². The highest BCUT2D eigenvalue weighted by molar-refractivity contribution is 7.10. The topological polar surface area (TPSA) is 38.0 Å². The van der Waals surface area contributed by atoms with E-state index in [4.69, 9.17) is 29.0 Å². The molecule has 1 unspecified atom stereocenters. The minimum Gasteiger partial charge on any atom is -0.271 e. The van der Waals surface area contributed by atoms with Gasteiger partial charge in [-0.1, -0.05) is 29.3 Å². The zero-order valence-corrected chi connectivity index (χ0v) is 12.2. The second-order valence-corrected chi connectivity index (χ2v) is 6.09. The quantitative estimate of drug-likeness (QED) is 0.659. The van der Waals surface area contributed by atoms with Crippen LogP contribution in [0.4, 0.5) is 0 Å². The van der Waals surface area contributed by atoms with Crippen LogP contribution in [0.15, 0.2) is 29.6 Å². The summed E-state index contributed by atoms with van der Waals surface area (Å²) in [4.78, 5) is 1.28. The molecular weight excluding hydrogens is 287 g/mol. The van der Waals surface area contributed by atoms with E-state index in [0.717, 1.165) is 12.0 Å². The summed E-state index contributed by atoms with van der Waals surface area (Å²) in [6, 6.07) is 7.90. The summed E-state index contributed by atoms with van der Waals surface area (Å²) in [5, 5.41) is 3.27. The van der Waals surface area contributed by atoms with Crippen molar-refractivity contribution in [1.82, 2.24) is 5.43 Å². The molecule has 1 atom stereocenters. The van der Waals surface area contributed by atoms with E-state index in [9.17, 15) is 0 Å². The highest BCUT2D eigenvalue weighted by atomic mass is 35.5. The molecule has 0 spiro atoms. The lowest BCUT2D eigenvalue weighted by molar-refractivity contribution is 0.553. The monoisotopic (exact) mass is 300 g/mol. The van der Waals surface area contributed by atoms with E-state index in [1.807, 2.05) is 18.2 Å². The molecule has 2 aromatic rings. The van der Waals surface area contributed by atoms with Gasteiger partial charge in [-0.25, -0.2) is 0 Å². The third-order valence-corrected chi connectivity index (χ3v) is 4.40. The lowest BCUT2D eigenvalue weighted by Gasteiger charge is -2.15. The summed E-state index contributed by atoms with van der Waals surface area (Å²) in [5.74, 6) is 5.63. The molecule has 2 rings (SSSR count). The third kappa shape index (κ3) is 3.25. The predicted molar refractivity (Wildman–Crippen MR) is 79.3 cm³/mol. The Kier molecular flexibility index (Phi) is 4.65. The van der Waals surface area contributed by atoms with E-state index in [2.05, 4.69) is 23.8 Å². The maximum atomic E-state index is 6.01. The summed E-state index contributed by atoms with van der Waals surface area (Å²) in [6.07, 6.45) is 0.781. The number of benzene rings is 1. The second-order valence-electron chi connectivity index (χ2n) is 4.16. The molecule has 0 fully saturated rings. The standard InChI is InChI=1S/C13H14Cl2N2S/c1-8-4-10(7-18-8)13(17-16)6-9-2-3-11(14)12(15)5-9/h2-5,7,13,17H,6,16H2,1H3. The first-order chi connectivity index (χ1) is 8.60. The van der Waals surface area contributed by atoms with Gasteiger partial charge in [0.1, 0.15) is 0 Å². The first-order valence-electron chi connectivity index (χ1n) is 5.55. The molecule has 0 radical (unpaired) electrons. The van der Waals surface area contributed by atoms with Crippen LogP contribution in [0.2, 0.25) is 10.0 Å². The van der Waals surface area contributed by atoms with Crippen molar-refractivity contribution in [3.63, 3.8) is 0 Å². The minimum atomic E-state index is 0.0900. The number of hydrogen-bond acceptors (Lipinski definition) is 3. The Balaban J connectivity index is 2.17. The molecule has 5 heteroatoms. The zero-order valence-electron chi connectivity index (χ0n) is 9.91. The summed E-state index contributed by atoms with van der Waals surface area (Å²) in [6.45, 7) is 2.08. The minimum absolute atomic E-state index is 0.0900. The molecule has 0 bridgehead atoms. The summed E-state index contributed by atoms with van der Waals surface area (Å²) < 4.78 is 0. The van der Waals surface area contributed by atoms with Crippen LogP contribution in [0.25, 0.3) is 0 Å². The van der Waals surface area contributed by atoms with Crippen molar-refractivity contribution < 1.29 is 0 Å². The molecule has 0 aliphatic carbocycles. The van der Waals surface area contributed by atoms with Crippen molar-refractivity contribution in [1.29, 1.82) is 0 Å². The van der Waals surface area contributed by atoms with Gasteiger partial charge in [0.25, 0.3) is 0 Å². The first-order valence-corrected chi connectivity index (χ1v) is 7.19. The van der Waals surface area contributed by atoms with Gasteiger partial charge in [-0.3, -0.25) is 11.3 Å². The van der Waals surface area contributed by atoms with E-state index >= 15 is 0 Å². The van der Waals surface area contributed by atoms with E-state index < -0.39 is 0 Å².